The van der Waals surface area contributed by atoms with Gasteiger partial charge in [-0.15, -0.1) is 23.1 Å². The first-order chi connectivity index (χ1) is 10.1. The lowest BCUT2D eigenvalue weighted by Gasteiger charge is -2.03. The summed E-state index contributed by atoms with van der Waals surface area (Å²) in [5.74, 6) is 0.585. The smallest absolute Gasteiger partial charge is 0.175 e. The van der Waals surface area contributed by atoms with E-state index in [1.54, 1.807) is 11.8 Å². The van der Waals surface area contributed by atoms with Crippen LogP contribution in [0.1, 0.15) is 10.4 Å². The molecule has 0 fully saturated rings. The van der Waals surface area contributed by atoms with Gasteiger partial charge in [0, 0.05) is 10.5 Å². The molecule has 3 rings (SSSR count). The van der Waals surface area contributed by atoms with Crippen molar-refractivity contribution in [3.63, 3.8) is 0 Å². The molecular formula is C16H10Br2OS2. The number of fused-ring (bicyclic) bond motifs is 1. The number of thiophene rings is 1. The van der Waals surface area contributed by atoms with Crippen molar-refractivity contribution in [2.45, 2.75) is 4.90 Å². The van der Waals surface area contributed by atoms with E-state index in [9.17, 15) is 4.79 Å². The first kappa shape index (κ1) is 15.3. The summed E-state index contributed by atoms with van der Waals surface area (Å²) in [7, 11) is 0. The molecule has 3 aromatic rings. The summed E-state index contributed by atoms with van der Waals surface area (Å²) >= 11 is 9.94. The number of ketones is 1. The van der Waals surface area contributed by atoms with Crippen LogP contribution in [0.15, 0.2) is 61.0 Å². The number of carbonyl (C=O) groups is 1. The SMILES string of the molecule is O=C(CSc1ccc2ccccc2c1)c1cc(Br)sc1Br. The van der Waals surface area contributed by atoms with Crippen LogP contribution in [0.4, 0.5) is 0 Å². The number of rotatable bonds is 4. The maximum atomic E-state index is 12.3. The summed E-state index contributed by atoms with van der Waals surface area (Å²) in [6, 6.07) is 16.4. The number of carbonyl (C=O) groups excluding carboxylic acids is 1. The van der Waals surface area contributed by atoms with Crippen LogP contribution in [-0.4, -0.2) is 11.5 Å². The summed E-state index contributed by atoms with van der Waals surface area (Å²) < 4.78 is 1.85. The Hall–Kier alpha value is -0.620. The lowest BCUT2D eigenvalue weighted by molar-refractivity contribution is 0.102. The second-order valence-electron chi connectivity index (χ2n) is 4.46. The number of halogens is 2. The summed E-state index contributed by atoms with van der Waals surface area (Å²) in [6.07, 6.45) is 0. The molecule has 0 atom stereocenters. The molecule has 0 N–H and O–H groups in total. The molecule has 0 radical (unpaired) electrons. The van der Waals surface area contributed by atoms with E-state index in [2.05, 4.69) is 62.2 Å². The highest BCUT2D eigenvalue weighted by Crippen LogP contribution is 2.33. The lowest BCUT2D eigenvalue weighted by Crippen LogP contribution is -2.01. The number of Topliss-reactive ketones (excluding diaryl/α,β-unsaturated/α-hetero) is 1. The Morgan fingerprint density at radius 2 is 1.81 bits per heavy atom. The van der Waals surface area contributed by atoms with E-state index in [4.69, 9.17) is 0 Å². The average molecular weight is 442 g/mol. The fourth-order valence-electron chi connectivity index (χ4n) is 2.01. The normalized spacial score (nSPS) is 11.0. The van der Waals surface area contributed by atoms with Crippen LogP contribution in [0.3, 0.4) is 0 Å². The third kappa shape index (κ3) is 3.59. The van der Waals surface area contributed by atoms with Gasteiger partial charge in [0.15, 0.2) is 5.78 Å². The molecule has 0 aliphatic rings. The molecule has 0 saturated carbocycles. The number of hydrogen-bond acceptors (Lipinski definition) is 3. The van der Waals surface area contributed by atoms with Crippen LogP contribution in [0.2, 0.25) is 0 Å². The maximum Gasteiger partial charge on any atom is 0.175 e. The van der Waals surface area contributed by atoms with Crippen LogP contribution in [-0.2, 0) is 0 Å². The molecule has 106 valence electrons. The van der Waals surface area contributed by atoms with E-state index >= 15 is 0 Å². The van der Waals surface area contributed by atoms with Crippen molar-refractivity contribution >= 4 is 71.5 Å². The van der Waals surface area contributed by atoms with Gasteiger partial charge in [-0.2, -0.15) is 0 Å². The average Bonchev–Trinajstić information content (AvgIpc) is 2.83. The van der Waals surface area contributed by atoms with Gasteiger partial charge in [0.1, 0.15) is 0 Å². The first-order valence-corrected chi connectivity index (χ1v) is 9.62. The van der Waals surface area contributed by atoms with Crippen molar-refractivity contribution in [1.82, 2.24) is 0 Å². The molecule has 0 aliphatic carbocycles. The quantitative estimate of drug-likeness (QED) is 0.344. The van der Waals surface area contributed by atoms with Crippen LogP contribution in [0, 0.1) is 0 Å². The molecule has 1 heterocycles. The fraction of sp³-hybridized carbons (Fsp3) is 0.0625. The monoisotopic (exact) mass is 440 g/mol. The predicted octanol–water partition coefficient (Wildman–Crippen LogP) is 6.40. The Bertz CT molecular complexity index is 811. The van der Waals surface area contributed by atoms with Gasteiger partial charge in [-0.05, 0) is 60.8 Å². The van der Waals surface area contributed by atoms with E-state index in [-0.39, 0.29) is 5.78 Å². The van der Waals surface area contributed by atoms with Crippen LogP contribution in [0.5, 0.6) is 0 Å². The van der Waals surface area contributed by atoms with Gasteiger partial charge in [0.05, 0.1) is 13.3 Å². The zero-order valence-electron chi connectivity index (χ0n) is 10.8. The van der Waals surface area contributed by atoms with Gasteiger partial charge in [-0.1, -0.05) is 30.3 Å². The highest BCUT2D eigenvalue weighted by atomic mass is 79.9. The molecule has 0 spiro atoms. The van der Waals surface area contributed by atoms with E-state index in [1.807, 2.05) is 18.2 Å². The minimum absolute atomic E-state index is 0.141. The third-order valence-corrected chi connectivity index (χ3v) is 6.38. The standard InChI is InChI=1S/C16H10Br2OS2/c17-15-8-13(16(18)21-15)14(19)9-20-12-6-5-10-3-1-2-4-11(10)7-12/h1-8H,9H2. The second kappa shape index (κ2) is 6.65. The van der Waals surface area contributed by atoms with Crippen LogP contribution >= 0.6 is 55.0 Å². The highest BCUT2D eigenvalue weighted by molar-refractivity contribution is 9.12. The van der Waals surface area contributed by atoms with E-state index in [1.165, 1.54) is 22.1 Å². The van der Waals surface area contributed by atoms with Gasteiger partial charge in [-0.25, -0.2) is 0 Å². The van der Waals surface area contributed by atoms with Crippen molar-refractivity contribution in [3.8, 4) is 0 Å². The van der Waals surface area contributed by atoms with Crippen molar-refractivity contribution < 1.29 is 4.79 Å². The molecule has 5 heteroatoms. The van der Waals surface area contributed by atoms with Gasteiger partial charge in [0.2, 0.25) is 0 Å². The summed E-state index contributed by atoms with van der Waals surface area (Å²) in [5, 5.41) is 2.42. The number of hydrogen-bond donors (Lipinski definition) is 0. The molecule has 1 aromatic heterocycles. The molecule has 0 saturated heterocycles. The van der Waals surface area contributed by atoms with Gasteiger partial charge in [0.25, 0.3) is 0 Å². The summed E-state index contributed by atoms with van der Waals surface area (Å²) in [4.78, 5) is 13.4. The zero-order chi connectivity index (χ0) is 14.8. The lowest BCUT2D eigenvalue weighted by atomic mass is 10.1. The van der Waals surface area contributed by atoms with Gasteiger partial charge < -0.3 is 0 Å². The van der Waals surface area contributed by atoms with E-state index in [0.29, 0.717) is 5.75 Å². The molecule has 0 aliphatic heterocycles. The Labute approximate surface area is 148 Å². The number of benzene rings is 2. The van der Waals surface area contributed by atoms with Crippen molar-refractivity contribution in [2.75, 3.05) is 5.75 Å². The molecule has 21 heavy (non-hydrogen) atoms. The van der Waals surface area contributed by atoms with E-state index in [0.717, 1.165) is 18.0 Å². The van der Waals surface area contributed by atoms with Gasteiger partial charge in [-0.3, -0.25) is 4.79 Å². The molecule has 2 aromatic carbocycles. The Morgan fingerprint density at radius 1 is 1.05 bits per heavy atom. The third-order valence-electron chi connectivity index (χ3n) is 3.05. The Morgan fingerprint density at radius 3 is 2.52 bits per heavy atom. The van der Waals surface area contributed by atoms with E-state index < -0.39 is 0 Å². The summed E-state index contributed by atoms with van der Waals surface area (Å²) in [5.41, 5.74) is 0.750. The second-order valence-corrected chi connectivity index (χ2v) is 9.26. The minimum atomic E-state index is 0.141. The molecule has 0 amide bonds. The van der Waals surface area contributed by atoms with Crippen molar-refractivity contribution in [2.24, 2.45) is 0 Å². The Balaban J connectivity index is 1.74. The van der Waals surface area contributed by atoms with Crippen LogP contribution in [0.25, 0.3) is 10.8 Å². The predicted molar refractivity (Wildman–Crippen MR) is 98.7 cm³/mol. The largest absolute Gasteiger partial charge is 0.293 e. The van der Waals surface area contributed by atoms with Gasteiger partial charge >= 0.3 is 0 Å². The van der Waals surface area contributed by atoms with Crippen LogP contribution < -0.4 is 0 Å². The van der Waals surface area contributed by atoms with Crippen molar-refractivity contribution in [3.05, 3.63) is 61.7 Å². The highest BCUT2D eigenvalue weighted by Gasteiger charge is 2.14. The summed E-state index contributed by atoms with van der Waals surface area (Å²) in [6.45, 7) is 0. The minimum Gasteiger partial charge on any atom is -0.293 e. The Kier molecular flexibility index (Phi) is 4.84. The molecule has 0 bridgehead atoms. The maximum absolute atomic E-state index is 12.3. The zero-order valence-corrected chi connectivity index (χ0v) is 15.6. The topological polar surface area (TPSA) is 17.1 Å². The molecule has 0 unspecified atom stereocenters. The fourth-order valence-corrected chi connectivity index (χ4v) is 5.70. The molecule has 1 nitrogen and oxygen atoms in total. The number of thioether (sulfide) groups is 1. The van der Waals surface area contributed by atoms with Crippen molar-refractivity contribution in [1.29, 1.82) is 0 Å². The first-order valence-electron chi connectivity index (χ1n) is 6.23. The molecular weight excluding hydrogens is 432 g/mol.